The van der Waals surface area contributed by atoms with Crippen molar-refractivity contribution in [3.05, 3.63) is 40.4 Å². The van der Waals surface area contributed by atoms with Crippen molar-refractivity contribution in [1.82, 2.24) is 4.57 Å². The Labute approximate surface area is 128 Å². The molecule has 1 aromatic heterocycles. The minimum atomic E-state index is -0.429. The molecule has 1 fully saturated rings. The van der Waals surface area contributed by atoms with Crippen LogP contribution in [0.4, 0.5) is 4.39 Å². The zero-order valence-corrected chi connectivity index (χ0v) is 12.7. The lowest BCUT2D eigenvalue weighted by molar-refractivity contribution is 0.196. The molecule has 1 heterocycles. The molecule has 0 atom stereocenters. The molecule has 0 spiro atoms. The smallest absolute Gasteiger partial charge is 0.250 e. The lowest BCUT2D eigenvalue weighted by atomic mass is 9.87. The number of nitrogens with two attached hydrogens (primary N) is 1. The molecule has 0 amide bonds. The maximum Gasteiger partial charge on any atom is 0.250 e. The van der Waals surface area contributed by atoms with E-state index in [2.05, 4.69) is 0 Å². The molecule has 0 unspecified atom stereocenters. The fourth-order valence-electron chi connectivity index (χ4n) is 3.12. The van der Waals surface area contributed by atoms with Crippen molar-refractivity contribution < 1.29 is 9.13 Å². The number of ether oxygens (including phenoxy) is 1. The lowest BCUT2D eigenvalue weighted by Gasteiger charge is -2.26. The summed E-state index contributed by atoms with van der Waals surface area (Å²) in [5, 5.41) is 0.796. The Hall–Kier alpha value is -1.88. The topological polar surface area (TPSA) is 57.2 Å². The van der Waals surface area contributed by atoms with Crippen LogP contribution in [0.3, 0.4) is 0 Å². The van der Waals surface area contributed by atoms with Crippen molar-refractivity contribution in [2.24, 2.45) is 18.7 Å². The van der Waals surface area contributed by atoms with Crippen LogP contribution in [-0.4, -0.2) is 17.2 Å². The van der Waals surface area contributed by atoms with Crippen molar-refractivity contribution in [2.45, 2.75) is 31.7 Å². The summed E-state index contributed by atoms with van der Waals surface area (Å²) in [4.78, 5) is 11.8. The monoisotopic (exact) mass is 304 g/mol. The molecule has 118 valence electrons. The van der Waals surface area contributed by atoms with Gasteiger partial charge < -0.3 is 15.0 Å². The summed E-state index contributed by atoms with van der Waals surface area (Å²) < 4.78 is 21.4. The van der Waals surface area contributed by atoms with Gasteiger partial charge in [0, 0.05) is 24.5 Å². The standard InChI is InChI=1S/C17H21FN2O2/c1-20-15(21)9-5-12-4-8-14(18)17(16(12)20)22-10-11-2-6-13(19)7-3-11/h4-5,8-9,11,13H,2-3,6-7,10,19H2,1H3. The van der Waals surface area contributed by atoms with Crippen molar-refractivity contribution in [2.75, 3.05) is 6.61 Å². The Bertz CT molecular complexity index is 733. The Balaban J connectivity index is 1.88. The second-order valence-corrected chi connectivity index (χ2v) is 6.14. The normalized spacial score (nSPS) is 22.0. The third-order valence-electron chi connectivity index (χ3n) is 4.54. The largest absolute Gasteiger partial charge is 0.488 e. The molecule has 2 aromatic rings. The van der Waals surface area contributed by atoms with E-state index in [1.807, 2.05) is 0 Å². The predicted octanol–water partition coefficient (Wildman–Crippen LogP) is 2.57. The molecule has 0 radical (unpaired) electrons. The molecular weight excluding hydrogens is 283 g/mol. The van der Waals surface area contributed by atoms with Crippen LogP contribution in [0.25, 0.3) is 10.9 Å². The summed E-state index contributed by atoms with van der Waals surface area (Å²) in [7, 11) is 1.64. The number of rotatable bonds is 3. The number of nitrogens with zero attached hydrogens (tertiary/aromatic N) is 1. The zero-order valence-electron chi connectivity index (χ0n) is 12.7. The first kappa shape index (κ1) is 15.0. The van der Waals surface area contributed by atoms with E-state index >= 15 is 0 Å². The van der Waals surface area contributed by atoms with Gasteiger partial charge in [-0.05, 0) is 49.8 Å². The summed E-state index contributed by atoms with van der Waals surface area (Å²) in [6.07, 6.45) is 3.99. The van der Waals surface area contributed by atoms with E-state index in [4.69, 9.17) is 10.5 Å². The fourth-order valence-corrected chi connectivity index (χ4v) is 3.12. The highest BCUT2D eigenvalue weighted by molar-refractivity contribution is 5.85. The maximum absolute atomic E-state index is 14.2. The van der Waals surface area contributed by atoms with Gasteiger partial charge in [-0.15, -0.1) is 0 Å². The number of hydrogen-bond acceptors (Lipinski definition) is 3. The van der Waals surface area contributed by atoms with Gasteiger partial charge in [0.2, 0.25) is 0 Å². The minimum Gasteiger partial charge on any atom is -0.488 e. The molecular formula is C17H21FN2O2. The third-order valence-corrected chi connectivity index (χ3v) is 4.54. The Kier molecular flexibility index (Phi) is 4.16. The zero-order chi connectivity index (χ0) is 15.7. The number of aromatic nitrogens is 1. The summed E-state index contributed by atoms with van der Waals surface area (Å²) in [5.41, 5.74) is 6.24. The van der Waals surface area contributed by atoms with Gasteiger partial charge in [-0.25, -0.2) is 4.39 Å². The molecule has 0 saturated heterocycles. The van der Waals surface area contributed by atoms with Gasteiger partial charge in [-0.1, -0.05) is 0 Å². The van der Waals surface area contributed by atoms with E-state index in [0.717, 1.165) is 31.1 Å². The average molecular weight is 304 g/mol. The van der Waals surface area contributed by atoms with Gasteiger partial charge in [0.15, 0.2) is 11.6 Å². The van der Waals surface area contributed by atoms with Crippen LogP contribution in [0, 0.1) is 11.7 Å². The highest BCUT2D eigenvalue weighted by Crippen LogP contribution is 2.30. The van der Waals surface area contributed by atoms with Crippen LogP contribution in [0.15, 0.2) is 29.1 Å². The molecule has 3 rings (SSSR count). The number of halogens is 1. The number of hydrogen-bond donors (Lipinski definition) is 1. The Morgan fingerprint density at radius 2 is 1.91 bits per heavy atom. The van der Waals surface area contributed by atoms with Crippen LogP contribution < -0.4 is 16.0 Å². The van der Waals surface area contributed by atoms with Gasteiger partial charge >= 0.3 is 0 Å². The van der Waals surface area contributed by atoms with Crippen LogP contribution >= 0.6 is 0 Å². The molecule has 1 aliphatic rings. The number of benzene rings is 1. The van der Waals surface area contributed by atoms with Crippen molar-refractivity contribution in [3.63, 3.8) is 0 Å². The van der Waals surface area contributed by atoms with Crippen LogP contribution in [0.2, 0.25) is 0 Å². The van der Waals surface area contributed by atoms with E-state index in [0.29, 0.717) is 18.0 Å². The average Bonchev–Trinajstić information content (AvgIpc) is 2.52. The molecule has 2 N–H and O–H groups in total. The first-order valence-corrected chi connectivity index (χ1v) is 7.73. The summed E-state index contributed by atoms with van der Waals surface area (Å²) in [5.74, 6) is 0.143. The molecule has 0 bridgehead atoms. The fraction of sp³-hybridized carbons (Fsp3) is 0.471. The molecule has 1 saturated carbocycles. The van der Waals surface area contributed by atoms with E-state index in [1.54, 1.807) is 19.2 Å². The van der Waals surface area contributed by atoms with E-state index in [1.165, 1.54) is 16.7 Å². The van der Waals surface area contributed by atoms with E-state index in [-0.39, 0.29) is 17.4 Å². The first-order chi connectivity index (χ1) is 10.6. The Morgan fingerprint density at radius 3 is 2.64 bits per heavy atom. The number of aryl methyl sites for hydroxylation is 1. The predicted molar refractivity (Wildman–Crippen MR) is 84.6 cm³/mol. The molecule has 1 aromatic carbocycles. The minimum absolute atomic E-state index is 0.174. The maximum atomic E-state index is 14.2. The molecule has 4 nitrogen and oxygen atoms in total. The summed E-state index contributed by atoms with van der Waals surface area (Å²) >= 11 is 0. The Morgan fingerprint density at radius 1 is 1.23 bits per heavy atom. The highest BCUT2D eigenvalue weighted by atomic mass is 19.1. The van der Waals surface area contributed by atoms with E-state index in [9.17, 15) is 9.18 Å². The van der Waals surface area contributed by atoms with Gasteiger partial charge in [0.05, 0.1) is 12.1 Å². The van der Waals surface area contributed by atoms with E-state index < -0.39 is 5.82 Å². The van der Waals surface area contributed by atoms with Crippen LogP contribution in [-0.2, 0) is 7.05 Å². The number of fused-ring (bicyclic) bond motifs is 1. The second-order valence-electron chi connectivity index (χ2n) is 6.14. The lowest BCUT2D eigenvalue weighted by Crippen LogP contribution is -2.29. The molecule has 0 aliphatic heterocycles. The van der Waals surface area contributed by atoms with Crippen LogP contribution in [0.1, 0.15) is 25.7 Å². The highest BCUT2D eigenvalue weighted by Gasteiger charge is 2.20. The number of pyridine rings is 1. The SMILES string of the molecule is Cn1c(=O)ccc2ccc(F)c(OCC3CCC(N)CC3)c21. The van der Waals surface area contributed by atoms with Gasteiger partial charge in [-0.3, -0.25) is 4.79 Å². The van der Waals surface area contributed by atoms with Gasteiger partial charge in [0.25, 0.3) is 5.56 Å². The first-order valence-electron chi connectivity index (χ1n) is 7.73. The van der Waals surface area contributed by atoms with Gasteiger partial charge in [0.1, 0.15) is 0 Å². The molecule has 22 heavy (non-hydrogen) atoms. The molecule has 5 heteroatoms. The van der Waals surface area contributed by atoms with Crippen molar-refractivity contribution >= 4 is 10.9 Å². The quantitative estimate of drug-likeness (QED) is 0.948. The summed E-state index contributed by atoms with van der Waals surface area (Å²) in [6, 6.07) is 6.51. The second kappa shape index (κ2) is 6.08. The van der Waals surface area contributed by atoms with Gasteiger partial charge in [-0.2, -0.15) is 0 Å². The third kappa shape index (κ3) is 2.86. The van der Waals surface area contributed by atoms with Crippen LogP contribution in [0.5, 0.6) is 5.75 Å². The summed E-state index contributed by atoms with van der Waals surface area (Å²) in [6.45, 7) is 0.464. The van der Waals surface area contributed by atoms with Crippen molar-refractivity contribution in [3.8, 4) is 5.75 Å². The molecule has 1 aliphatic carbocycles. The van der Waals surface area contributed by atoms with Crippen molar-refractivity contribution in [1.29, 1.82) is 0 Å².